The van der Waals surface area contributed by atoms with Crippen LogP contribution in [0.3, 0.4) is 0 Å². The summed E-state index contributed by atoms with van der Waals surface area (Å²) < 4.78 is 11.4. The highest BCUT2D eigenvalue weighted by Gasteiger charge is 2.17. The summed E-state index contributed by atoms with van der Waals surface area (Å²) in [6.07, 6.45) is 2.25. The molecule has 1 aliphatic heterocycles. The molecule has 1 saturated heterocycles. The molecule has 126 valence electrons. The van der Waals surface area contributed by atoms with Gasteiger partial charge >= 0.3 is 0 Å². The van der Waals surface area contributed by atoms with E-state index in [9.17, 15) is 4.79 Å². The van der Waals surface area contributed by atoms with Gasteiger partial charge in [0.15, 0.2) is 0 Å². The summed E-state index contributed by atoms with van der Waals surface area (Å²) in [6.45, 7) is 1.51. The van der Waals surface area contributed by atoms with Crippen LogP contribution in [-0.2, 0) is 9.53 Å². The predicted molar refractivity (Wildman–Crippen MR) is 94.5 cm³/mol. The Bertz CT molecular complexity index is 655. The third kappa shape index (κ3) is 4.73. The van der Waals surface area contributed by atoms with Gasteiger partial charge in [-0.25, -0.2) is 0 Å². The van der Waals surface area contributed by atoms with Crippen molar-refractivity contribution in [3.63, 3.8) is 0 Å². The van der Waals surface area contributed by atoms with Crippen molar-refractivity contribution >= 4 is 17.3 Å². The van der Waals surface area contributed by atoms with Crippen molar-refractivity contribution < 1.29 is 14.3 Å². The summed E-state index contributed by atoms with van der Waals surface area (Å²) in [4.78, 5) is 12.1. The third-order valence-corrected chi connectivity index (χ3v) is 3.84. The third-order valence-electron chi connectivity index (χ3n) is 3.84. The Morgan fingerprint density at radius 1 is 1.12 bits per heavy atom. The second-order valence-electron chi connectivity index (χ2n) is 5.71. The Labute approximate surface area is 142 Å². The van der Waals surface area contributed by atoms with E-state index >= 15 is 0 Å². The van der Waals surface area contributed by atoms with Crippen molar-refractivity contribution in [3.8, 4) is 5.75 Å². The van der Waals surface area contributed by atoms with Gasteiger partial charge in [0.1, 0.15) is 12.4 Å². The van der Waals surface area contributed by atoms with E-state index in [0.29, 0.717) is 18.0 Å². The van der Waals surface area contributed by atoms with Crippen molar-refractivity contribution in [2.24, 2.45) is 0 Å². The number of hydrogen-bond donors (Lipinski definition) is 2. The molecular weight excluding hydrogens is 304 g/mol. The number of rotatable bonds is 7. The van der Waals surface area contributed by atoms with Crippen molar-refractivity contribution in [1.29, 1.82) is 0 Å². The number of para-hydroxylation sites is 3. The van der Waals surface area contributed by atoms with E-state index in [1.165, 1.54) is 0 Å². The molecule has 2 aromatic carbocycles. The molecule has 0 aliphatic carbocycles. The number of ether oxygens (including phenoxy) is 2. The van der Waals surface area contributed by atoms with E-state index in [0.717, 1.165) is 25.1 Å². The van der Waals surface area contributed by atoms with Gasteiger partial charge in [0.05, 0.1) is 18.3 Å². The smallest absolute Gasteiger partial charge is 0.243 e. The first-order chi connectivity index (χ1) is 11.8. The molecule has 0 radical (unpaired) electrons. The number of anilines is 2. The summed E-state index contributed by atoms with van der Waals surface area (Å²) in [5.41, 5.74) is 1.59. The number of carbonyl (C=O) groups is 1. The number of benzene rings is 2. The normalized spacial score (nSPS) is 16.6. The molecule has 5 heteroatoms. The molecule has 1 unspecified atom stereocenters. The lowest BCUT2D eigenvalue weighted by atomic mass is 10.2. The van der Waals surface area contributed by atoms with E-state index in [1.807, 2.05) is 54.6 Å². The van der Waals surface area contributed by atoms with E-state index < -0.39 is 0 Å². The maximum Gasteiger partial charge on any atom is 0.243 e. The van der Waals surface area contributed by atoms with Gasteiger partial charge in [0, 0.05) is 12.3 Å². The van der Waals surface area contributed by atoms with Gasteiger partial charge < -0.3 is 20.1 Å². The fourth-order valence-corrected chi connectivity index (χ4v) is 2.59. The van der Waals surface area contributed by atoms with E-state index in [-0.39, 0.29) is 18.6 Å². The van der Waals surface area contributed by atoms with Gasteiger partial charge in [-0.3, -0.25) is 4.79 Å². The molecule has 1 amide bonds. The molecule has 3 rings (SSSR count). The first-order valence-corrected chi connectivity index (χ1v) is 8.23. The Balaban J connectivity index is 1.52. The fourth-order valence-electron chi connectivity index (χ4n) is 2.59. The molecule has 0 bridgehead atoms. The summed E-state index contributed by atoms with van der Waals surface area (Å²) in [5, 5.41) is 5.98. The predicted octanol–water partition coefficient (Wildman–Crippen LogP) is 3.30. The van der Waals surface area contributed by atoms with Crippen molar-refractivity contribution in [3.05, 3.63) is 54.6 Å². The van der Waals surface area contributed by atoms with Gasteiger partial charge in [-0.15, -0.1) is 0 Å². The Kier molecular flexibility index (Phi) is 5.69. The molecule has 0 saturated carbocycles. The molecule has 1 heterocycles. The summed E-state index contributed by atoms with van der Waals surface area (Å²) >= 11 is 0. The molecule has 1 aliphatic rings. The lowest BCUT2D eigenvalue weighted by Gasteiger charge is -2.15. The highest BCUT2D eigenvalue weighted by Crippen LogP contribution is 2.25. The summed E-state index contributed by atoms with van der Waals surface area (Å²) in [5.74, 6) is 0.549. The highest BCUT2D eigenvalue weighted by molar-refractivity contribution is 5.95. The van der Waals surface area contributed by atoms with Gasteiger partial charge in [-0.05, 0) is 37.1 Å². The maximum absolute atomic E-state index is 12.1. The van der Waals surface area contributed by atoms with Crippen LogP contribution >= 0.6 is 0 Å². The largest absolute Gasteiger partial charge is 0.489 e. The minimum absolute atomic E-state index is 0.119. The molecule has 5 nitrogen and oxygen atoms in total. The zero-order valence-electron chi connectivity index (χ0n) is 13.5. The number of amides is 1. The van der Waals surface area contributed by atoms with E-state index in [2.05, 4.69) is 10.6 Å². The minimum Gasteiger partial charge on any atom is -0.489 e. The molecule has 0 spiro atoms. The van der Waals surface area contributed by atoms with Gasteiger partial charge in [0.25, 0.3) is 0 Å². The SMILES string of the molecule is O=C(CNc1ccccc1)Nc1ccccc1OCC1CCCO1. The van der Waals surface area contributed by atoms with Gasteiger partial charge in [0.2, 0.25) is 5.91 Å². The van der Waals surface area contributed by atoms with Crippen molar-refractivity contribution in [2.75, 3.05) is 30.4 Å². The van der Waals surface area contributed by atoms with Crippen LogP contribution < -0.4 is 15.4 Å². The lowest BCUT2D eigenvalue weighted by molar-refractivity contribution is -0.114. The molecule has 1 fully saturated rings. The number of hydrogen-bond acceptors (Lipinski definition) is 4. The first-order valence-electron chi connectivity index (χ1n) is 8.23. The average Bonchev–Trinajstić information content (AvgIpc) is 3.14. The zero-order valence-corrected chi connectivity index (χ0v) is 13.5. The van der Waals surface area contributed by atoms with Gasteiger partial charge in [-0.2, -0.15) is 0 Å². The number of nitrogens with one attached hydrogen (secondary N) is 2. The number of carbonyl (C=O) groups excluding carboxylic acids is 1. The molecule has 1 atom stereocenters. The maximum atomic E-state index is 12.1. The fraction of sp³-hybridized carbons (Fsp3) is 0.316. The minimum atomic E-state index is -0.119. The molecule has 0 aromatic heterocycles. The van der Waals surface area contributed by atoms with Crippen LogP contribution in [0.15, 0.2) is 54.6 Å². The standard InChI is InChI=1S/C19H22N2O3/c22-19(13-20-15-7-2-1-3-8-15)21-17-10-4-5-11-18(17)24-14-16-9-6-12-23-16/h1-5,7-8,10-11,16,20H,6,9,12-14H2,(H,21,22). The van der Waals surface area contributed by atoms with Crippen LogP contribution in [0.5, 0.6) is 5.75 Å². The lowest BCUT2D eigenvalue weighted by Crippen LogP contribution is -2.22. The topological polar surface area (TPSA) is 59.6 Å². The van der Waals surface area contributed by atoms with E-state index in [4.69, 9.17) is 9.47 Å². The van der Waals surface area contributed by atoms with Crippen LogP contribution in [0.4, 0.5) is 11.4 Å². The van der Waals surface area contributed by atoms with E-state index in [1.54, 1.807) is 0 Å². The van der Waals surface area contributed by atoms with Crippen LogP contribution in [0.25, 0.3) is 0 Å². The second-order valence-corrected chi connectivity index (χ2v) is 5.71. The molecule has 2 N–H and O–H groups in total. The van der Waals surface area contributed by atoms with Crippen LogP contribution in [0.1, 0.15) is 12.8 Å². The van der Waals surface area contributed by atoms with Crippen LogP contribution in [0.2, 0.25) is 0 Å². The summed E-state index contributed by atoms with van der Waals surface area (Å²) in [6, 6.07) is 17.1. The van der Waals surface area contributed by atoms with Crippen LogP contribution in [-0.4, -0.2) is 31.8 Å². The molecule has 24 heavy (non-hydrogen) atoms. The Hall–Kier alpha value is -2.53. The van der Waals surface area contributed by atoms with Crippen molar-refractivity contribution in [2.45, 2.75) is 18.9 Å². The van der Waals surface area contributed by atoms with Crippen LogP contribution in [0, 0.1) is 0 Å². The van der Waals surface area contributed by atoms with Crippen molar-refractivity contribution in [1.82, 2.24) is 0 Å². The Morgan fingerprint density at radius 2 is 1.92 bits per heavy atom. The first kappa shape index (κ1) is 16.3. The second kappa shape index (κ2) is 8.36. The molecular formula is C19H22N2O3. The zero-order chi connectivity index (χ0) is 16.6. The average molecular weight is 326 g/mol. The van der Waals surface area contributed by atoms with Gasteiger partial charge in [-0.1, -0.05) is 30.3 Å². The Morgan fingerprint density at radius 3 is 2.71 bits per heavy atom. The monoisotopic (exact) mass is 326 g/mol. The highest BCUT2D eigenvalue weighted by atomic mass is 16.5. The quantitative estimate of drug-likeness (QED) is 0.820. The molecule has 2 aromatic rings. The summed E-state index contributed by atoms with van der Waals surface area (Å²) in [7, 11) is 0.